The monoisotopic (exact) mass is 159 g/mol. The van der Waals surface area contributed by atoms with Crippen molar-refractivity contribution in [3.05, 3.63) is 30.6 Å². The molecule has 0 saturated carbocycles. The van der Waals surface area contributed by atoms with Crippen LogP contribution < -0.4 is 0 Å². The lowest BCUT2D eigenvalue weighted by Gasteiger charge is -1.96. The lowest BCUT2D eigenvalue weighted by atomic mass is 10.1. The normalized spacial score (nSPS) is 10.4. The topological polar surface area (TPSA) is 41.6 Å². The van der Waals surface area contributed by atoms with Crippen LogP contribution in [0.1, 0.15) is 12.5 Å². The molecule has 12 heavy (non-hydrogen) atoms. The SMILES string of the molecule is C=C(C)c1cnc2[nH]ncc2c1. The summed E-state index contributed by atoms with van der Waals surface area (Å²) < 4.78 is 0. The molecule has 2 heterocycles. The molecule has 0 fully saturated rings. The van der Waals surface area contributed by atoms with E-state index in [-0.39, 0.29) is 0 Å². The van der Waals surface area contributed by atoms with E-state index in [1.807, 2.05) is 13.0 Å². The molecule has 2 aromatic heterocycles. The Bertz CT molecular complexity index is 428. The van der Waals surface area contributed by atoms with Crippen molar-refractivity contribution < 1.29 is 0 Å². The Morgan fingerprint density at radius 2 is 2.33 bits per heavy atom. The standard InChI is InChI=1S/C9H9N3/c1-6(2)7-3-8-5-11-12-9(8)10-4-7/h3-5H,1H2,2H3,(H,10,11,12). The Labute approximate surface area is 70.1 Å². The summed E-state index contributed by atoms with van der Waals surface area (Å²) in [5.74, 6) is 0. The van der Waals surface area contributed by atoms with Crippen LogP contribution in [0.25, 0.3) is 16.6 Å². The zero-order valence-corrected chi connectivity index (χ0v) is 6.83. The fraction of sp³-hybridized carbons (Fsp3) is 0.111. The van der Waals surface area contributed by atoms with Gasteiger partial charge in [-0.15, -0.1) is 0 Å². The second-order valence-electron chi connectivity index (χ2n) is 2.81. The summed E-state index contributed by atoms with van der Waals surface area (Å²) in [6.45, 7) is 5.81. The van der Waals surface area contributed by atoms with Crippen LogP contribution >= 0.6 is 0 Å². The minimum atomic E-state index is 0.819. The zero-order chi connectivity index (χ0) is 8.55. The van der Waals surface area contributed by atoms with Gasteiger partial charge in [-0.3, -0.25) is 5.10 Å². The lowest BCUT2D eigenvalue weighted by Crippen LogP contribution is -1.81. The quantitative estimate of drug-likeness (QED) is 0.691. The molecule has 0 aliphatic heterocycles. The number of rotatable bonds is 1. The van der Waals surface area contributed by atoms with Gasteiger partial charge < -0.3 is 0 Å². The first-order valence-electron chi connectivity index (χ1n) is 3.72. The Morgan fingerprint density at radius 1 is 1.50 bits per heavy atom. The van der Waals surface area contributed by atoms with E-state index < -0.39 is 0 Å². The number of hydrogen-bond acceptors (Lipinski definition) is 2. The van der Waals surface area contributed by atoms with Crippen molar-refractivity contribution in [2.75, 3.05) is 0 Å². The highest BCUT2D eigenvalue weighted by atomic mass is 15.1. The molecule has 3 heteroatoms. The first-order chi connectivity index (χ1) is 5.77. The largest absolute Gasteiger partial charge is 0.261 e. The minimum Gasteiger partial charge on any atom is -0.261 e. The lowest BCUT2D eigenvalue weighted by molar-refractivity contribution is 1.10. The van der Waals surface area contributed by atoms with Crippen LogP contribution in [0.4, 0.5) is 0 Å². The van der Waals surface area contributed by atoms with Crippen molar-refractivity contribution in [1.29, 1.82) is 0 Å². The smallest absolute Gasteiger partial charge is 0.155 e. The highest BCUT2D eigenvalue weighted by molar-refractivity contribution is 5.78. The van der Waals surface area contributed by atoms with E-state index >= 15 is 0 Å². The van der Waals surface area contributed by atoms with Crippen molar-refractivity contribution in [3.8, 4) is 0 Å². The molecule has 0 aliphatic carbocycles. The van der Waals surface area contributed by atoms with Gasteiger partial charge in [0.2, 0.25) is 0 Å². The van der Waals surface area contributed by atoms with E-state index in [1.54, 1.807) is 12.4 Å². The predicted molar refractivity (Wildman–Crippen MR) is 48.6 cm³/mol. The van der Waals surface area contributed by atoms with Gasteiger partial charge in [-0.25, -0.2) is 4.98 Å². The van der Waals surface area contributed by atoms with Crippen molar-refractivity contribution in [2.45, 2.75) is 6.92 Å². The summed E-state index contributed by atoms with van der Waals surface area (Å²) >= 11 is 0. The van der Waals surface area contributed by atoms with Gasteiger partial charge in [0.05, 0.1) is 6.20 Å². The third kappa shape index (κ3) is 0.993. The van der Waals surface area contributed by atoms with Gasteiger partial charge in [-0.2, -0.15) is 5.10 Å². The number of nitrogens with one attached hydrogen (secondary N) is 1. The molecule has 0 spiro atoms. The van der Waals surface area contributed by atoms with Crippen molar-refractivity contribution in [2.24, 2.45) is 0 Å². The minimum absolute atomic E-state index is 0.819. The third-order valence-corrected chi connectivity index (χ3v) is 1.78. The highest BCUT2D eigenvalue weighted by Gasteiger charge is 1.98. The maximum Gasteiger partial charge on any atom is 0.155 e. The predicted octanol–water partition coefficient (Wildman–Crippen LogP) is 1.99. The Balaban J connectivity index is 2.68. The average Bonchev–Trinajstić information content (AvgIpc) is 2.49. The van der Waals surface area contributed by atoms with E-state index in [1.165, 1.54) is 0 Å². The first kappa shape index (κ1) is 7.03. The molecule has 1 N–H and O–H groups in total. The Kier molecular flexibility index (Phi) is 1.43. The number of aromatic amines is 1. The van der Waals surface area contributed by atoms with Gasteiger partial charge in [0.1, 0.15) is 0 Å². The van der Waals surface area contributed by atoms with Gasteiger partial charge in [0.15, 0.2) is 5.65 Å². The Hall–Kier alpha value is -1.64. The average molecular weight is 159 g/mol. The van der Waals surface area contributed by atoms with Crippen LogP contribution in [0.5, 0.6) is 0 Å². The van der Waals surface area contributed by atoms with Crippen LogP contribution in [-0.4, -0.2) is 15.2 Å². The fourth-order valence-corrected chi connectivity index (χ4v) is 1.07. The molecule has 0 amide bonds. The maximum absolute atomic E-state index is 4.18. The molecule has 0 aliphatic rings. The molecule has 0 saturated heterocycles. The van der Waals surface area contributed by atoms with E-state index in [0.29, 0.717) is 0 Å². The van der Waals surface area contributed by atoms with Gasteiger partial charge in [0, 0.05) is 11.6 Å². The van der Waals surface area contributed by atoms with Crippen LogP contribution in [0.2, 0.25) is 0 Å². The first-order valence-corrected chi connectivity index (χ1v) is 3.72. The summed E-state index contributed by atoms with van der Waals surface area (Å²) in [5, 5.41) is 7.70. The molecule has 2 rings (SSSR count). The van der Waals surface area contributed by atoms with E-state index in [0.717, 1.165) is 22.2 Å². The molecule has 0 unspecified atom stereocenters. The number of fused-ring (bicyclic) bond motifs is 1. The summed E-state index contributed by atoms with van der Waals surface area (Å²) in [5.41, 5.74) is 2.90. The van der Waals surface area contributed by atoms with Crippen molar-refractivity contribution in [1.82, 2.24) is 15.2 Å². The zero-order valence-electron chi connectivity index (χ0n) is 6.83. The van der Waals surface area contributed by atoms with Crippen LogP contribution in [0, 0.1) is 0 Å². The number of aromatic nitrogens is 3. The van der Waals surface area contributed by atoms with Gasteiger partial charge in [-0.05, 0) is 24.1 Å². The summed E-state index contributed by atoms with van der Waals surface area (Å²) in [4.78, 5) is 4.18. The van der Waals surface area contributed by atoms with Crippen molar-refractivity contribution in [3.63, 3.8) is 0 Å². The summed E-state index contributed by atoms with van der Waals surface area (Å²) in [7, 11) is 0. The summed E-state index contributed by atoms with van der Waals surface area (Å²) in [6, 6.07) is 2.02. The fourth-order valence-electron chi connectivity index (χ4n) is 1.07. The number of H-pyrrole nitrogens is 1. The molecular formula is C9H9N3. The van der Waals surface area contributed by atoms with E-state index in [2.05, 4.69) is 21.8 Å². The molecule has 0 atom stereocenters. The van der Waals surface area contributed by atoms with Gasteiger partial charge >= 0.3 is 0 Å². The number of nitrogens with zero attached hydrogens (tertiary/aromatic N) is 2. The second-order valence-corrected chi connectivity index (χ2v) is 2.81. The van der Waals surface area contributed by atoms with Crippen molar-refractivity contribution >= 4 is 16.6 Å². The van der Waals surface area contributed by atoms with Gasteiger partial charge in [0.25, 0.3) is 0 Å². The molecule has 3 nitrogen and oxygen atoms in total. The second kappa shape index (κ2) is 2.44. The molecule has 0 radical (unpaired) electrons. The Morgan fingerprint density at radius 3 is 3.08 bits per heavy atom. The molecule has 2 aromatic rings. The van der Waals surface area contributed by atoms with Crippen LogP contribution in [0.15, 0.2) is 25.0 Å². The third-order valence-electron chi connectivity index (χ3n) is 1.78. The highest BCUT2D eigenvalue weighted by Crippen LogP contribution is 2.15. The number of hydrogen-bond donors (Lipinski definition) is 1. The van der Waals surface area contributed by atoms with Gasteiger partial charge in [-0.1, -0.05) is 6.58 Å². The van der Waals surface area contributed by atoms with E-state index in [9.17, 15) is 0 Å². The summed E-state index contributed by atoms with van der Waals surface area (Å²) in [6.07, 6.45) is 3.55. The molecular weight excluding hydrogens is 150 g/mol. The molecule has 0 bridgehead atoms. The molecule has 0 aromatic carbocycles. The maximum atomic E-state index is 4.18. The number of allylic oxidation sites excluding steroid dienone is 1. The van der Waals surface area contributed by atoms with Crippen LogP contribution in [-0.2, 0) is 0 Å². The molecule has 60 valence electrons. The van der Waals surface area contributed by atoms with Crippen LogP contribution in [0.3, 0.4) is 0 Å². The number of pyridine rings is 1. The van der Waals surface area contributed by atoms with E-state index in [4.69, 9.17) is 0 Å².